The fraction of sp³-hybridized carbons (Fsp3) is 0.833. The molecule has 0 heterocycles. The molecule has 0 aliphatic rings. The zero-order valence-corrected chi connectivity index (χ0v) is 6.30. The lowest BCUT2D eigenvalue weighted by Gasteiger charge is -2.08. The Balaban J connectivity index is 0. The molecule has 0 fully saturated rings. The number of hydrogen-bond donors (Lipinski definition) is 2. The molecule has 3 nitrogen and oxygen atoms in total. The molecule has 0 aromatic rings. The van der Waals surface area contributed by atoms with Crippen molar-refractivity contribution >= 4 is 5.97 Å². The van der Waals surface area contributed by atoms with Crippen LogP contribution in [0.15, 0.2) is 0 Å². The van der Waals surface area contributed by atoms with Crippen molar-refractivity contribution < 1.29 is 15.0 Å². The van der Waals surface area contributed by atoms with Crippen molar-refractivity contribution in [2.24, 2.45) is 5.41 Å². The lowest BCUT2D eigenvalue weighted by atomic mass is 9.98. The van der Waals surface area contributed by atoms with Gasteiger partial charge in [-0.25, -0.2) is 0 Å². The first-order valence-electron chi connectivity index (χ1n) is 2.62. The van der Waals surface area contributed by atoms with E-state index in [9.17, 15) is 4.79 Å². The first kappa shape index (κ1) is 11.3. The molecule has 0 radical (unpaired) electrons. The van der Waals surface area contributed by atoms with Crippen molar-refractivity contribution in [3.8, 4) is 0 Å². The van der Waals surface area contributed by atoms with Gasteiger partial charge in [0.05, 0.1) is 5.41 Å². The molecule has 0 saturated carbocycles. The average molecular weight is 134 g/mol. The van der Waals surface area contributed by atoms with E-state index in [-0.39, 0.29) is 0 Å². The third-order valence-electron chi connectivity index (χ3n) is 0.642. The summed E-state index contributed by atoms with van der Waals surface area (Å²) < 4.78 is 0. The smallest absolute Gasteiger partial charge is 0.308 e. The van der Waals surface area contributed by atoms with E-state index in [1.807, 2.05) is 0 Å². The normalized spacial score (nSPS) is 9.44. The summed E-state index contributed by atoms with van der Waals surface area (Å²) in [6.07, 6.45) is 0. The van der Waals surface area contributed by atoms with Gasteiger partial charge in [-0.05, 0) is 20.8 Å². The lowest BCUT2D eigenvalue weighted by Crippen LogP contribution is -2.18. The van der Waals surface area contributed by atoms with E-state index in [1.165, 1.54) is 0 Å². The van der Waals surface area contributed by atoms with Gasteiger partial charge < -0.3 is 10.2 Å². The Morgan fingerprint density at radius 2 is 1.33 bits per heavy atom. The molecule has 0 unspecified atom stereocenters. The van der Waals surface area contributed by atoms with Crippen LogP contribution in [0.1, 0.15) is 20.8 Å². The molecule has 0 saturated heterocycles. The van der Waals surface area contributed by atoms with Crippen LogP contribution in [-0.2, 0) is 4.79 Å². The second-order valence-electron chi connectivity index (χ2n) is 2.56. The van der Waals surface area contributed by atoms with E-state index in [1.54, 1.807) is 20.8 Å². The van der Waals surface area contributed by atoms with Crippen LogP contribution in [0.4, 0.5) is 0 Å². The molecule has 3 heteroatoms. The van der Waals surface area contributed by atoms with Crippen molar-refractivity contribution in [1.29, 1.82) is 0 Å². The largest absolute Gasteiger partial charge is 0.481 e. The van der Waals surface area contributed by atoms with Gasteiger partial charge in [0, 0.05) is 7.11 Å². The van der Waals surface area contributed by atoms with Crippen molar-refractivity contribution in [1.82, 2.24) is 0 Å². The number of aliphatic hydroxyl groups is 1. The topological polar surface area (TPSA) is 57.5 Å². The molecule has 0 aromatic heterocycles. The number of carboxylic acid groups (broad SMARTS) is 1. The molecule has 0 amide bonds. The van der Waals surface area contributed by atoms with E-state index >= 15 is 0 Å². The van der Waals surface area contributed by atoms with Gasteiger partial charge >= 0.3 is 5.97 Å². The van der Waals surface area contributed by atoms with Crippen LogP contribution < -0.4 is 0 Å². The van der Waals surface area contributed by atoms with E-state index < -0.39 is 11.4 Å². The highest BCUT2D eigenvalue weighted by molar-refractivity contribution is 5.72. The molecular formula is C6H14O3. The first-order valence-corrected chi connectivity index (χ1v) is 2.62. The molecule has 0 aromatic carbocycles. The Morgan fingerprint density at radius 1 is 1.22 bits per heavy atom. The van der Waals surface area contributed by atoms with Crippen molar-refractivity contribution in [3.63, 3.8) is 0 Å². The van der Waals surface area contributed by atoms with Gasteiger partial charge in [-0.15, -0.1) is 0 Å². The van der Waals surface area contributed by atoms with Crippen LogP contribution in [0.5, 0.6) is 0 Å². The highest BCUT2D eigenvalue weighted by Crippen LogP contribution is 2.11. The van der Waals surface area contributed by atoms with Crippen molar-refractivity contribution in [3.05, 3.63) is 0 Å². The quantitative estimate of drug-likeness (QED) is 0.513. The highest BCUT2D eigenvalue weighted by atomic mass is 16.4. The van der Waals surface area contributed by atoms with Gasteiger partial charge in [-0.2, -0.15) is 0 Å². The molecule has 9 heavy (non-hydrogen) atoms. The standard InChI is InChI=1S/C5H10O2.CH4O/c1-5(2,3)4(6)7;1-2/h1-3H3,(H,6,7);2H,1H3. The monoisotopic (exact) mass is 134 g/mol. The summed E-state index contributed by atoms with van der Waals surface area (Å²) in [6, 6.07) is 0. The number of carboxylic acids is 1. The number of rotatable bonds is 0. The van der Waals surface area contributed by atoms with E-state index in [4.69, 9.17) is 10.2 Å². The molecular weight excluding hydrogens is 120 g/mol. The average Bonchev–Trinajstić information content (AvgIpc) is 1.69. The predicted octanol–water partition coefficient (Wildman–Crippen LogP) is 0.726. The van der Waals surface area contributed by atoms with Gasteiger partial charge in [-0.3, -0.25) is 4.79 Å². The summed E-state index contributed by atoms with van der Waals surface area (Å²) in [4.78, 5) is 10.0. The number of aliphatic hydroxyl groups excluding tert-OH is 1. The van der Waals surface area contributed by atoms with Gasteiger partial charge in [0.2, 0.25) is 0 Å². The fourth-order valence-electron chi connectivity index (χ4n) is 0. The van der Waals surface area contributed by atoms with Gasteiger partial charge in [0.15, 0.2) is 0 Å². The minimum Gasteiger partial charge on any atom is -0.481 e. The van der Waals surface area contributed by atoms with Crippen LogP contribution in [-0.4, -0.2) is 23.3 Å². The minimum atomic E-state index is -0.757. The van der Waals surface area contributed by atoms with Crippen LogP contribution >= 0.6 is 0 Å². The Bertz CT molecular complexity index is 80.8. The van der Waals surface area contributed by atoms with E-state index in [0.29, 0.717) is 0 Å². The zero-order chi connectivity index (χ0) is 8.08. The Kier molecular flexibility index (Phi) is 5.41. The maximum atomic E-state index is 10.0. The van der Waals surface area contributed by atoms with Crippen LogP contribution in [0.2, 0.25) is 0 Å². The number of hydrogen-bond acceptors (Lipinski definition) is 2. The molecule has 0 aliphatic heterocycles. The maximum absolute atomic E-state index is 10.0. The van der Waals surface area contributed by atoms with Crippen molar-refractivity contribution in [2.75, 3.05) is 7.11 Å². The van der Waals surface area contributed by atoms with Crippen LogP contribution in [0.3, 0.4) is 0 Å². The summed E-state index contributed by atoms with van der Waals surface area (Å²) in [6.45, 7) is 4.99. The molecule has 56 valence electrons. The van der Waals surface area contributed by atoms with Gasteiger partial charge in [0.25, 0.3) is 0 Å². The second-order valence-corrected chi connectivity index (χ2v) is 2.56. The molecule has 0 rings (SSSR count). The Morgan fingerprint density at radius 3 is 1.33 bits per heavy atom. The van der Waals surface area contributed by atoms with E-state index in [0.717, 1.165) is 7.11 Å². The minimum absolute atomic E-state index is 0.583. The Labute approximate surface area is 55.3 Å². The molecule has 0 spiro atoms. The lowest BCUT2D eigenvalue weighted by molar-refractivity contribution is -0.145. The van der Waals surface area contributed by atoms with Crippen molar-refractivity contribution in [2.45, 2.75) is 20.8 Å². The molecule has 2 N–H and O–H groups in total. The van der Waals surface area contributed by atoms with Crippen LogP contribution in [0.25, 0.3) is 0 Å². The summed E-state index contributed by atoms with van der Waals surface area (Å²) in [7, 11) is 1.00. The van der Waals surface area contributed by atoms with Gasteiger partial charge in [-0.1, -0.05) is 0 Å². The summed E-state index contributed by atoms with van der Waals surface area (Å²) >= 11 is 0. The maximum Gasteiger partial charge on any atom is 0.308 e. The number of aliphatic carboxylic acids is 1. The number of carbonyl (C=O) groups is 1. The SMILES string of the molecule is CC(C)(C)C(=O)O.CO. The first-order chi connectivity index (χ1) is 3.94. The van der Waals surface area contributed by atoms with Crippen LogP contribution in [0, 0.1) is 5.41 Å². The fourth-order valence-corrected chi connectivity index (χ4v) is 0. The summed E-state index contributed by atoms with van der Waals surface area (Å²) in [5.74, 6) is -0.757. The third-order valence-corrected chi connectivity index (χ3v) is 0.642. The Hall–Kier alpha value is -0.570. The highest BCUT2D eigenvalue weighted by Gasteiger charge is 2.18. The molecule has 0 aliphatic carbocycles. The van der Waals surface area contributed by atoms with Gasteiger partial charge in [0.1, 0.15) is 0 Å². The third kappa shape index (κ3) is 7.43. The second kappa shape index (κ2) is 4.32. The summed E-state index contributed by atoms with van der Waals surface area (Å²) in [5, 5.41) is 15.2. The molecule has 0 atom stereocenters. The zero-order valence-electron chi connectivity index (χ0n) is 6.30. The predicted molar refractivity (Wildman–Crippen MR) is 35.2 cm³/mol. The van der Waals surface area contributed by atoms with E-state index in [2.05, 4.69) is 0 Å². The molecule has 0 bridgehead atoms. The summed E-state index contributed by atoms with van der Waals surface area (Å²) in [5.41, 5.74) is -0.583.